The van der Waals surface area contributed by atoms with Gasteiger partial charge in [-0.2, -0.15) is 0 Å². The molecule has 6 rings (SSSR count). The highest BCUT2D eigenvalue weighted by atomic mass is 28.4. The van der Waals surface area contributed by atoms with Crippen molar-refractivity contribution in [1.82, 2.24) is 0 Å². The van der Waals surface area contributed by atoms with Crippen LogP contribution in [-0.4, -0.2) is 30.7 Å². The fourth-order valence-electron chi connectivity index (χ4n) is 8.83. The van der Waals surface area contributed by atoms with Crippen LogP contribution in [0.15, 0.2) is 78.9 Å². The van der Waals surface area contributed by atoms with E-state index in [2.05, 4.69) is 87.5 Å². The Bertz CT molecular complexity index is 1260. The minimum atomic E-state index is -2.72. The van der Waals surface area contributed by atoms with Crippen molar-refractivity contribution in [2.75, 3.05) is 0 Å². The van der Waals surface area contributed by atoms with Gasteiger partial charge in [-0.25, -0.2) is 0 Å². The van der Waals surface area contributed by atoms with Crippen LogP contribution in [-0.2, 0) is 10.8 Å². The Morgan fingerprint density at radius 2 is 1.49 bits per heavy atom. The minimum absolute atomic E-state index is 0.0837. The lowest BCUT2D eigenvalue weighted by atomic mass is 9.80. The van der Waals surface area contributed by atoms with Gasteiger partial charge in [-0.1, -0.05) is 113 Å². The van der Waals surface area contributed by atoms with E-state index in [1.165, 1.54) is 48.0 Å². The molecule has 0 aliphatic heterocycles. The number of hydrogen-bond donors (Lipinski definition) is 2. The lowest BCUT2D eigenvalue weighted by Crippen LogP contribution is -2.68. The number of phenolic OH excluding ortho intramolecular Hbond substituents is 1. The smallest absolute Gasteiger partial charge is 0.261 e. The Balaban J connectivity index is 1.38. The Labute approximate surface area is 248 Å². The van der Waals surface area contributed by atoms with Crippen LogP contribution in [0.2, 0.25) is 5.04 Å². The van der Waals surface area contributed by atoms with E-state index in [4.69, 9.17) is 4.43 Å². The molecular weight excluding hydrogens is 520 g/mol. The fourth-order valence-corrected chi connectivity index (χ4v) is 13.6. The van der Waals surface area contributed by atoms with Crippen molar-refractivity contribution in [3.63, 3.8) is 0 Å². The van der Waals surface area contributed by atoms with E-state index in [1.807, 2.05) is 12.1 Å². The Morgan fingerprint density at radius 1 is 0.854 bits per heavy atom. The zero-order chi connectivity index (χ0) is 28.6. The van der Waals surface area contributed by atoms with Gasteiger partial charge in [0.2, 0.25) is 0 Å². The summed E-state index contributed by atoms with van der Waals surface area (Å²) in [5.74, 6) is 2.00. The highest BCUT2D eigenvalue weighted by molar-refractivity contribution is 6.99. The second-order valence-corrected chi connectivity index (χ2v) is 18.3. The summed E-state index contributed by atoms with van der Waals surface area (Å²) in [6.45, 7) is 7.08. The molecule has 3 aliphatic carbocycles. The molecule has 2 fully saturated rings. The molecule has 41 heavy (non-hydrogen) atoms. The summed E-state index contributed by atoms with van der Waals surface area (Å²) in [6.07, 6.45) is 9.78. The van der Waals surface area contributed by atoms with Crippen molar-refractivity contribution < 1.29 is 14.6 Å². The van der Waals surface area contributed by atoms with Gasteiger partial charge in [-0.3, -0.25) is 0 Å². The predicted molar refractivity (Wildman–Crippen MR) is 170 cm³/mol. The molecule has 0 saturated heterocycles. The van der Waals surface area contributed by atoms with E-state index >= 15 is 0 Å². The number of rotatable bonds is 8. The molecule has 5 atom stereocenters. The molecule has 3 aliphatic rings. The number of aliphatic hydroxyl groups is 1. The SMILES string of the molecule is CC(C)(C)[Si](O[C@@H]1C[C@@H]2c3c(O)cccc3C[C@@H]2[C@@H]1CCC(O)C1CCCCC1)(c1ccccc1)c1ccccc1. The summed E-state index contributed by atoms with van der Waals surface area (Å²) >= 11 is 0. The zero-order valence-corrected chi connectivity index (χ0v) is 26.1. The van der Waals surface area contributed by atoms with Crippen molar-refractivity contribution in [3.05, 3.63) is 90.0 Å². The van der Waals surface area contributed by atoms with Crippen LogP contribution < -0.4 is 10.4 Å². The monoisotopic (exact) mass is 568 g/mol. The lowest BCUT2D eigenvalue weighted by molar-refractivity contribution is 0.0565. The number of phenols is 1. The molecule has 3 aromatic rings. The summed E-state index contributed by atoms with van der Waals surface area (Å²) in [7, 11) is -2.72. The maximum Gasteiger partial charge on any atom is 0.261 e. The first-order valence-electron chi connectivity index (χ1n) is 16.1. The number of aromatic hydroxyl groups is 1. The van der Waals surface area contributed by atoms with Crippen LogP contribution in [0.5, 0.6) is 5.75 Å². The van der Waals surface area contributed by atoms with Gasteiger partial charge < -0.3 is 14.6 Å². The van der Waals surface area contributed by atoms with Crippen LogP contribution in [0.1, 0.15) is 89.2 Å². The first kappa shape index (κ1) is 28.7. The number of benzene rings is 3. The molecule has 3 nitrogen and oxygen atoms in total. The summed E-state index contributed by atoms with van der Waals surface area (Å²) in [6, 6.07) is 28.0. The molecule has 0 amide bonds. The Morgan fingerprint density at radius 3 is 2.10 bits per heavy atom. The van der Waals surface area contributed by atoms with Gasteiger partial charge in [0.1, 0.15) is 5.75 Å². The van der Waals surface area contributed by atoms with Crippen LogP contribution in [0, 0.1) is 17.8 Å². The van der Waals surface area contributed by atoms with Crippen molar-refractivity contribution in [1.29, 1.82) is 0 Å². The summed E-state index contributed by atoms with van der Waals surface area (Å²) in [4.78, 5) is 0. The second kappa shape index (κ2) is 11.7. The first-order chi connectivity index (χ1) is 19.8. The van der Waals surface area contributed by atoms with Crippen LogP contribution in [0.3, 0.4) is 0 Å². The largest absolute Gasteiger partial charge is 0.508 e. The third kappa shape index (κ3) is 5.32. The van der Waals surface area contributed by atoms with Gasteiger partial charge in [-0.05, 0) is 89.2 Å². The van der Waals surface area contributed by atoms with Gasteiger partial charge in [0.15, 0.2) is 0 Å². The van der Waals surface area contributed by atoms with E-state index in [-0.39, 0.29) is 17.2 Å². The van der Waals surface area contributed by atoms with E-state index < -0.39 is 8.32 Å². The number of fused-ring (bicyclic) bond motifs is 3. The van der Waals surface area contributed by atoms with Crippen molar-refractivity contribution in [3.8, 4) is 5.75 Å². The highest BCUT2D eigenvalue weighted by Gasteiger charge is 2.56. The second-order valence-electron chi connectivity index (χ2n) is 14.1. The quantitative estimate of drug-likeness (QED) is 0.280. The van der Waals surface area contributed by atoms with Crippen molar-refractivity contribution in [2.24, 2.45) is 17.8 Å². The molecule has 0 heterocycles. The van der Waals surface area contributed by atoms with E-state index in [0.29, 0.717) is 29.4 Å². The van der Waals surface area contributed by atoms with Gasteiger partial charge >= 0.3 is 0 Å². The predicted octanol–water partition coefficient (Wildman–Crippen LogP) is 7.33. The molecule has 3 aromatic carbocycles. The topological polar surface area (TPSA) is 49.7 Å². The summed E-state index contributed by atoms with van der Waals surface area (Å²) in [5, 5.41) is 24.9. The summed E-state index contributed by atoms with van der Waals surface area (Å²) < 4.78 is 7.79. The van der Waals surface area contributed by atoms with Gasteiger partial charge in [-0.15, -0.1) is 0 Å². The van der Waals surface area contributed by atoms with Crippen LogP contribution in [0.25, 0.3) is 0 Å². The van der Waals surface area contributed by atoms with Gasteiger partial charge in [0.25, 0.3) is 8.32 Å². The fraction of sp³-hybridized carbons (Fsp3) is 0.514. The lowest BCUT2D eigenvalue weighted by Gasteiger charge is -2.46. The van der Waals surface area contributed by atoms with E-state index in [9.17, 15) is 10.2 Å². The third-order valence-corrected chi connectivity index (χ3v) is 15.8. The number of hydrogen-bond acceptors (Lipinski definition) is 3. The highest BCUT2D eigenvalue weighted by Crippen LogP contribution is 2.57. The zero-order valence-electron chi connectivity index (χ0n) is 25.1. The average Bonchev–Trinajstić information content (AvgIpc) is 3.51. The minimum Gasteiger partial charge on any atom is -0.508 e. The number of aliphatic hydroxyl groups excluding tert-OH is 1. The normalized spacial score (nSPS) is 25.6. The van der Waals surface area contributed by atoms with Crippen molar-refractivity contribution in [2.45, 2.75) is 102 Å². The Hall–Kier alpha value is -2.40. The molecular formula is C37H48O3Si. The van der Waals surface area contributed by atoms with Gasteiger partial charge in [0.05, 0.1) is 6.10 Å². The summed E-state index contributed by atoms with van der Waals surface area (Å²) in [5.41, 5.74) is 2.46. The molecule has 0 radical (unpaired) electrons. The average molecular weight is 569 g/mol. The van der Waals surface area contributed by atoms with Crippen LogP contribution in [0.4, 0.5) is 0 Å². The van der Waals surface area contributed by atoms with Gasteiger partial charge in [0, 0.05) is 11.7 Å². The standard InChI is InChI=1S/C37H48O3Si/c1-37(2,3)41(28-17-9-5-10-18-28,29-19-11-6-12-20-29)40-35-25-32-31(24-27-16-13-21-34(39)36(27)32)30(35)22-23-33(38)26-14-7-4-8-15-26/h5-6,9-13,16-21,26,30-33,35,38-39H,4,7-8,14-15,22-25H2,1-3H3/t30-,31+,32-,33?,35+/m0/s1. The maximum absolute atomic E-state index is 11.3. The molecule has 0 aromatic heterocycles. The molecule has 2 N–H and O–H groups in total. The molecule has 4 heteroatoms. The molecule has 0 bridgehead atoms. The molecule has 0 spiro atoms. The van der Waals surface area contributed by atoms with Crippen molar-refractivity contribution >= 4 is 18.7 Å². The Kier molecular flexibility index (Phi) is 8.19. The molecule has 218 valence electrons. The molecule has 2 saturated carbocycles. The van der Waals surface area contributed by atoms with E-state index in [0.717, 1.165) is 31.2 Å². The van der Waals surface area contributed by atoms with Crippen LogP contribution >= 0.6 is 0 Å². The first-order valence-corrected chi connectivity index (χ1v) is 18.0. The maximum atomic E-state index is 11.3. The third-order valence-electron chi connectivity index (χ3n) is 10.8. The van der Waals surface area contributed by atoms with E-state index in [1.54, 1.807) is 0 Å². The molecule has 1 unspecified atom stereocenters.